The number of amides is 1. The first-order valence-corrected chi connectivity index (χ1v) is 12.5. The van der Waals surface area contributed by atoms with Crippen molar-refractivity contribution in [2.24, 2.45) is 0 Å². The van der Waals surface area contributed by atoms with Gasteiger partial charge in [-0.15, -0.1) is 0 Å². The molecule has 5 atom stereocenters. The number of hydrogen-bond donors (Lipinski definition) is 3. The third-order valence-electron chi connectivity index (χ3n) is 5.89. The third kappa shape index (κ3) is 5.06. The largest absolute Gasteiger partial charge is 0.487 e. The second-order valence-corrected chi connectivity index (χ2v) is 10.2. The lowest BCUT2D eigenvalue weighted by Crippen LogP contribution is -2.47. The Morgan fingerprint density at radius 2 is 1.97 bits per heavy atom. The predicted molar refractivity (Wildman–Crippen MR) is 120 cm³/mol. The molecule has 0 radical (unpaired) electrons. The first-order valence-electron chi connectivity index (χ1n) is 10.6. The summed E-state index contributed by atoms with van der Waals surface area (Å²) in [5, 5.41) is 12.9. The third-order valence-corrected chi connectivity index (χ3v) is 6.50. The molecule has 4 rings (SSSR count). The highest BCUT2D eigenvalue weighted by molar-refractivity contribution is 7.92. The normalized spacial score (nSPS) is 25.2. The summed E-state index contributed by atoms with van der Waals surface area (Å²) in [5.41, 5.74) is 2.32. The van der Waals surface area contributed by atoms with E-state index in [4.69, 9.17) is 9.47 Å². The van der Waals surface area contributed by atoms with Crippen LogP contribution in [0.5, 0.6) is 5.75 Å². The number of aliphatic hydroxyl groups excluding tert-OH is 1. The van der Waals surface area contributed by atoms with Crippen LogP contribution in [0.2, 0.25) is 0 Å². The summed E-state index contributed by atoms with van der Waals surface area (Å²) in [6.45, 7) is 1.70. The van der Waals surface area contributed by atoms with E-state index in [0.717, 1.165) is 17.4 Å². The van der Waals surface area contributed by atoms with Crippen molar-refractivity contribution in [2.75, 3.05) is 17.6 Å². The van der Waals surface area contributed by atoms with Gasteiger partial charge in [0.15, 0.2) is 0 Å². The lowest BCUT2D eigenvalue weighted by Gasteiger charge is -2.37. The standard InChI is InChI=1S/C23H28N2O6S/c1-14(15-6-4-3-5-7-15)24-22(27)12-17-11-19-18-10-16(25-32(2,28)29)8-9-20(18)31-23(19)21(13-26)30-17/h3-10,14,17,19,21,23,25-26H,11-13H2,1-2H3,(H,24,27)/t14-,17+,19+,21+,23-/m0/s1. The molecule has 2 aliphatic rings. The lowest BCUT2D eigenvalue weighted by atomic mass is 9.84. The minimum atomic E-state index is -3.41. The summed E-state index contributed by atoms with van der Waals surface area (Å²) in [7, 11) is -3.41. The number of benzene rings is 2. The molecule has 0 saturated carbocycles. The van der Waals surface area contributed by atoms with E-state index in [-0.39, 0.29) is 37.0 Å². The van der Waals surface area contributed by atoms with E-state index in [2.05, 4.69) is 10.0 Å². The van der Waals surface area contributed by atoms with Crippen molar-refractivity contribution < 1.29 is 27.8 Å². The molecule has 0 unspecified atom stereocenters. The molecular formula is C23H28N2O6S. The first-order chi connectivity index (χ1) is 15.2. The summed E-state index contributed by atoms with van der Waals surface area (Å²) in [6.07, 6.45) is 0.443. The minimum Gasteiger partial charge on any atom is -0.487 e. The van der Waals surface area contributed by atoms with Gasteiger partial charge in [-0.3, -0.25) is 9.52 Å². The van der Waals surface area contributed by atoms with E-state index in [1.54, 1.807) is 18.2 Å². The number of aliphatic hydroxyl groups is 1. The monoisotopic (exact) mass is 460 g/mol. The number of carbonyl (C=O) groups is 1. The Labute approximate surface area is 188 Å². The second kappa shape index (κ2) is 9.09. The van der Waals surface area contributed by atoms with Crippen molar-refractivity contribution >= 4 is 21.6 Å². The number of nitrogens with one attached hydrogen (secondary N) is 2. The molecule has 0 spiro atoms. The molecule has 172 valence electrons. The Morgan fingerprint density at radius 1 is 1.22 bits per heavy atom. The molecule has 2 aromatic rings. The Morgan fingerprint density at radius 3 is 2.66 bits per heavy atom. The van der Waals surface area contributed by atoms with Gasteiger partial charge in [0, 0.05) is 17.2 Å². The molecule has 9 heteroatoms. The van der Waals surface area contributed by atoms with Crippen LogP contribution in [-0.2, 0) is 19.6 Å². The van der Waals surface area contributed by atoms with E-state index in [9.17, 15) is 18.3 Å². The molecule has 2 aliphatic heterocycles. The molecule has 0 bridgehead atoms. The van der Waals surface area contributed by atoms with Gasteiger partial charge in [0.2, 0.25) is 15.9 Å². The summed E-state index contributed by atoms with van der Waals surface area (Å²) in [6, 6.07) is 14.7. The van der Waals surface area contributed by atoms with Gasteiger partial charge in [0.25, 0.3) is 0 Å². The highest BCUT2D eigenvalue weighted by Gasteiger charge is 2.46. The summed E-state index contributed by atoms with van der Waals surface area (Å²) < 4.78 is 37.7. The Hall–Kier alpha value is -2.62. The first kappa shape index (κ1) is 22.6. The topological polar surface area (TPSA) is 114 Å². The molecule has 2 aromatic carbocycles. The van der Waals surface area contributed by atoms with Crippen LogP contribution in [0.25, 0.3) is 0 Å². The van der Waals surface area contributed by atoms with Crippen LogP contribution in [0.3, 0.4) is 0 Å². The van der Waals surface area contributed by atoms with Gasteiger partial charge in [0.1, 0.15) is 18.0 Å². The van der Waals surface area contributed by atoms with E-state index in [0.29, 0.717) is 17.9 Å². The average molecular weight is 461 g/mol. The van der Waals surface area contributed by atoms with Crippen molar-refractivity contribution in [3.63, 3.8) is 0 Å². The predicted octanol–water partition coefficient (Wildman–Crippen LogP) is 2.32. The minimum absolute atomic E-state index is 0.110. The Bertz CT molecular complexity index is 1080. The zero-order valence-corrected chi connectivity index (χ0v) is 18.8. The lowest BCUT2D eigenvalue weighted by molar-refractivity contribution is -0.142. The Balaban J connectivity index is 1.47. The van der Waals surface area contributed by atoms with Gasteiger partial charge in [-0.05, 0) is 37.1 Å². The molecule has 8 nitrogen and oxygen atoms in total. The van der Waals surface area contributed by atoms with Crippen LogP contribution in [0.1, 0.15) is 42.9 Å². The van der Waals surface area contributed by atoms with Gasteiger partial charge in [-0.1, -0.05) is 30.3 Å². The molecular weight excluding hydrogens is 432 g/mol. The van der Waals surface area contributed by atoms with E-state index in [1.165, 1.54) is 0 Å². The number of ether oxygens (including phenoxy) is 2. The zero-order valence-electron chi connectivity index (χ0n) is 18.0. The fourth-order valence-corrected chi connectivity index (χ4v) is 5.05. The maximum absolute atomic E-state index is 12.7. The highest BCUT2D eigenvalue weighted by Crippen LogP contribution is 2.47. The van der Waals surface area contributed by atoms with Gasteiger partial charge in [0.05, 0.1) is 31.4 Å². The summed E-state index contributed by atoms with van der Waals surface area (Å²) in [5.74, 6) is 0.401. The highest BCUT2D eigenvalue weighted by atomic mass is 32.2. The van der Waals surface area contributed by atoms with Gasteiger partial charge in [-0.2, -0.15) is 0 Å². The van der Waals surface area contributed by atoms with Crippen LogP contribution in [0.15, 0.2) is 48.5 Å². The van der Waals surface area contributed by atoms with Crippen LogP contribution in [0, 0.1) is 0 Å². The maximum Gasteiger partial charge on any atom is 0.229 e. The van der Waals surface area contributed by atoms with Crippen LogP contribution >= 0.6 is 0 Å². The second-order valence-electron chi connectivity index (χ2n) is 8.43. The zero-order chi connectivity index (χ0) is 22.9. The molecule has 1 amide bonds. The Kier molecular flexibility index (Phi) is 6.41. The number of hydrogen-bond acceptors (Lipinski definition) is 6. The maximum atomic E-state index is 12.7. The number of fused-ring (bicyclic) bond motifs is 3. The van der Waals surface area contributed by atoms with E-state index < -0.39 is 22.2 Å². The fraction of sp³-hybridized carbons (Fsp3) is 0.435. The molecule has 3 N–H and O–H groups in total. The smallest absolute Gasteiger partial charge is 0.229 e. The van der Waals surface area contributed by atoms with Gasteiger partial charge >= 0.3 is 0 Å². The number of anilines is 1. The fourth-order valence-electron chi connectivity index (χ4n) is 4.50. The quantitative estimate of drug-likeness (QED) is 0.584. The number of rotatable bonds is 7. The van der Waals surface area contributed by atoms with E-state index >= 15 is 0 Å². The van der Waals surface area contributed by atoms with Crippen molar-refractivity contribution in [2.45, 2.75) is 50.0 Å². The van der Waals surface area contributed by atoms with Crippen molar-refractivity contribution in [3.8, 4) is 5.75 Å². The molecule has 1 fully saturated rings. The van der Waals surface area contributed by atoms with Crippen LogP contribution in [0.4, 0.5) is 5.69 Å². The SMILES string of the molecule is C[C@H](NC(=O)C[C@H]1C[C@@H]2c3cc(NS(C)(=O)=O)ccc3O[C@@H]2[C@@H](CO)O1)c1ccccc1. The number of carbonyl (C=O) groups excluding carboxylic acids is 1. The van der Waals surface area contributed by atoms with Gasteiger partial charge in [-0.25, -0.2) is 8.42 Å². The van der Waals surface area contributed by atoms with Crippen molar-refractivity contribution in [1.82, 2.24) is 5.32 Å². The number of sulfonamides is 1. The van der Waals surface area contributed by atoms with Crippen molar-refractivity contribution in [1.29, 1.82) is 0 Å². The molecule has 32 heavy (non-hydrogen) atoms. The van der Waals surface area contributed by atoms with E-state index in [1.807, 2.05) is 37.3 Å². The van der Waals surface area contributed by atoms with Crippen LogP contribution in [-0.4, -0.2) is 50.6 Å². The summed E-state index contributed by atoms with van der Waals surface area (Å²) >= 11 is 0. The van der Waals surface area contributed by atoms with Gasteiger partial charge < -0.3 is 19.9 Å². The van der Waals surface area contributed by atoms with Crippen molar-refractivity contribution in [3.05, 3.63) is 59.7 Å². The summed E-state index contributed by atoms with van der Waals surface area (Å²) in [4.78, 5) is 12.7. The average Bonchev–Trinajstić information content (AvgIpc) is 3.10. The molecule has 2 heterocycles. The molecule has 1 saturated heterocycles. The molecule has 0 aromatic heterocycles. The van der Waals surface area contributed by atoms with Crippen LogP contribution < -0.4 is 14.8 Å². The molecule has 0 aliphatic carbocycles.